The summed E-state index contributed by atoms with van der Waals surface area (Å²) in [6.07, 6.45) is -0.970. The molecular formula is C24H22F3N7S. The lowest BCUT2D eigenvalue weighted by Gasteiger charge is -2.25. The van der Waals surface area contributed by atoms with Gasteiger partial charge in [-0.25, -0.2) is 9.97 Å². The fourth-order valence-electron chi connectivity index (χ4n) is 5.53. The molecule has 1 aliphatic carbocycles. The van der Waals surface area contributed by atoms with Crippen LogP contribution < -0.4 is 10.6 Å². The Labute approximate surface area is 203 Å². The molecule has 0 bridgehead atoms. The molecule has 0 unspecified atom stereocenters. The topological polar surface area (TPSA) is 96.6 Å². The third-order valence-corrected chi connectivity index (χ3v) is 8.16. The normalized spacial score (nSPS) is 23.9. The van der Waals surface area contributed by atoms with E-state index in [0.29, 0.717) is 40.6 Å². The molecule has 0 radical (unpaired) electrons. The summed E-state index contributed by atoms with van der Waals surface area (Å²) in [6.45, 7) is 2.27. The van der Waals surface area contributed by atoms with Gasteiger partial charge in [-0.05, 0) is 36.0 Å². The van der Waals surface area contributed by atoms with Gasteiger partial charge in [0.1, 0.15) is 5.03 Å². The molecular weight excluding hydrogens is 475 g/mol. The van der Waals surface area contributed by atoms with Crippen molar-refractivity contribution in [2.75, 3.05) is 24.5 Å². The number of anilines is 1. The van der Waals surface area contributed by atoms with Gasteiger partial charge in [-0.1, -0.05) is 42.1 Å². The summed E-state index contributed by atoms with van der Waals surface area (Å²) in [6, 6.07) is 13.3. The first kappa shape index (κ1) is 22.3. The summed E-state index contributed by atoms with van der Waals surface area (Å²) in [4.78, 5) is 22.3. The molecule has 1 saturated heterocycles. The second-order valence-electron chi connectivity index (χ2n) is 8.95. The summed E-state index contributed by atoms with van der Waals surface area (Å²) in [5, 5.41) is 0.332. The first-order chi connectivity index (χ1) is 16.9. The SMILES string of the molecule is NC[C@]1(c2ccccc2)[C@@H]2CCN(c3nc4ncc(Sc5cccnc5C(F)(F)F)nc4[nH]3)C[C@@H]21. The average molecular weight is 498 g/mol. The lowest BCUT2D eigenvalue weighted by Crippen LogP contribution is -2.32. The highest BCUT2D eigenvalue weighted by molar-refractivity contribution is 7.99. The minimum Gasteiger partial charge on any atom is -0.342 e. The molecule has 1 aromatic carbocycles. The molecule has 0 amide bonds. The van der Waals surface area contributed by atoms with Gasteiger partial charge in [-0.2, -0.15) is 18.2 Å². The number of aromatic nitrogens is 5. The molecule has 3 aromatic heterocycles. The third-order valence-electron chi connectivity index (χ3n) is 7.20. The first-order valence-electron chi connectivity index (χ1n) is 11.3. The minimum absolute atomic E-state index is 0.00223. The van der Waals surface area contributed by atoms with E-state index in [9.17, 15) is 13.2 Å². The Kier molecular flexibility index (Phi) is 5.22. The number of piperidine rings is 1. The quantitative estimate of drug-likeness (QED) is 0.425. The van der Waals surface area contributed by atoms with Crippen molar-refractivity contribution in [3.05, 3.63) is 66.1 Å². The van der Waals surface area contributed by atoms with Crippen molar-refractivity contribution in [3.8, 4) is 0 Å². The number of halogens is 3. The molecule has 4 heterocycles. The molecule has 1 aliphatic heterocycles. The van der Waals surface area contributed by atoms with Crippen molar-refractivity contribution >= 4 is 29.0 Å². The van der Waals surface area contributed by atoms with E-state index in [0.717, 1.165) is 37.5 Å². The van der Waals surface area contributed by atoms with Crippen LogP contribution >= 0.6 is 11.8 Å². The molecule has 1 saturated carbocycles. The number of H-pyrrole nitrogens is 1. The maximum absolute atomic E-state index is 13.3. The third kappa shape index (κ3) is 3.73. The van der Waals surface area contributed by atoms with E-state index in [2.05, 4.69) is 54.1 Å². The number of benzene rings is 1. The van der Waals surface area contributed by atoms with Gasteiger partial charge in [0.2, 0.25) is 5.95 Å². The number of hydrogen-bond donors (Lipinski definition) is 2. The largest absolute Gasteiger partial charge is 0.434 e. The van der Waals surface area contributed by atoms with E-state index in [1.165, 1.54) is 23.9 Å². The summed E-state index contributed by atoms with van der Waals surface area (Å²) in [7, 11) is 0. The van der Waals surface area contributed by atoms with Crippen LogP contribution in [0.1, 0.15) is 17.7 Å². The molecule has 2 aliphatic rings. The molecule has 35 heavy (non-hydrogen) atoms. The summed E-state index contributed by atoms with van der Waals surface area (Å²) in [5.74, 6) is 1.66. The number of aromatic amines is 1. The van der Waals surface area contributed by atoms with Crippen LogP contribution in [0.2, 0.25) is 0 Å². The second-order valence-corrected chi connectivity index (χ2v) is 10.0. The number of fused-ring (bicyclic) bond motifs is 2. The second kappa shape index (κ2) is 8.20. The Morgan fingerprint density at radius 3 is 2.69 bits per heavy atom. The van der Waals surface area contributed by atoms with Crippen LogP contribution in [0.4, 0.5) is 19.1 Å². The fourth-order valence-corrected chi connectivity index (χ4v) is 6.41. The van der Waals surface area contributed by atoms with Crippen molar-refractivity contribution < 1.29 is 13.2 Å². The van der Waals surface area contributed by atoms with Gasteiger partial charge in [0.05, 0.1) is 6.20 Å². The molecule has 7 nitrogen and oxygen atoms in total. The zero-order chi connectivity index (χ0) is 24.2. The highest BCUT2D eigenvalue weighted by atomic mass is 32.2. The zero-order valence-electron chi connectivity index (χ0n) is 18.5. The Bertz CT molecular complexity index is 1380. The maximum atomic E-state index is 13.3. The van der Waals surface area contributed by atoms with Gasteiger partial charge in [0.25, 0.3) is 0 Å². The number of nitrogens with zero attached hydrogens (tertiary/aromatic N) is 5. The molecule has 6 rings (SSSR count). The van der Waals surface area contributed by atoms with Crippen molar-refractivity contribution in [2.24, 2.45) is 17.6 Å². The van der Waals surface area contributed by atoms with E-state index in [-0.39, 0.29) is 10.3 Å². The summed E-state index contributed by atoms with van der Waals surface area (Å²) < 4.78 is 39.9. The smallest absolute Gasteiger partial charge is 0.342 e. The van der Waals surface area contributed by atoms with Crippen LogP contribution in [0.15, 0.2) is 64.8 Å². The van der Waals surface area contributed by atoms with Crippen LogP contribution in [0.25, 0.3) is 11.3 Å². The van der Waals surface area contributed by atoms with Gasteiger partial charge < -0.3 is 15.6 Å². The standard InChI is InChI=1S/C24H22F3N7S/c25-24(26,27)19-17(7-4-9-29-19)35-18-11-30-20-21(31-18)33-22(32-20)34-10-8-15-16(12-34)23(15,13-28)14-5-2-1-3-6-14/h1-7,9,11,15-16H,8,10,12-13,28H2,(H,30,31,32,33)/t15-,16+,23+/m1/s1. The Morgan fingerprint density at radius 2 is 1.91 bits per heavy atom. The molecule has 3 atom stereocenters. The number of imidazole rings is 1. The first-order valence-corrected chi connectivity index (χ1v) is 12.1. The number of alkyl halides is 3. The van der Waals surface area contributed by atoms with E-state index >= 15 is 0 Å². The molecule has 11 heteroatoms. The van der Waals surface area contributed by atoms with E-state index in [4.69, 9.17) is 5.73 Å². The lowest BCUT2D eigenvalue weighted by atomic mass is 9.91. The monoisotopic (exact) mass is 497 g/mol. The van der Waals surface area contributed by atoms with E-state index < -0.39 is 11.9 Å². The molecule has 0 spiro atoms. The highest BCUT2D eigenvalue weighted by Gasteiger charge is 2.65. The number of hydrogen-bond acceptors (Lipinski definition) is 7. The van der Waals surface area contributed by atoms with Crippen molar-refractivity contribution in [1.29, 1.82) is 0 Å². The Balaban J connectivity index is 1.23. The lowest BCUT2D eigenvalue weighted by molar-refractivity contribution is -0.143. The predicted molar refractivity (Wildman–Crippen MR) is 126 cm³/mol. The average Bonchev–Trinajstić information content (AvgIpc) is 3.33. The molecule has 180 valence electrons. The minimum atomic E-state index is -4.55. The van der Waals surface area contributed by atoms with Crippen molar-refractivity contribution in [2.45, 2.75) is 27.9 Å². The van der Waals surface area contributed by atoms with Gasteiger partial charge in [-0.3, -0.25) is 4.98 Å². The van der Waals surface area contributed by atoms with Gasteiger partial charge >= 0.3 is 6.18 Å². The molecule has 4 aromatic rings. The number of pyridine rings is 1. The van der Waals surface area contributed by atoms with Crippen LogP contribution in [0, 0.1) is 11.8 Å². The number of nitrogens with two attached hydrogens (primary N) is 1. The Hall–Kier alpha value is -3.18. The zero-order valence-corrected chi connectivity index (χ0v) is 19.4. The summed E-state index contributed by atoms with van der Waals surface area (Å²) >= 11 is 0.877. The van der Waals surface area contributed by atoms with Gasteiger partial charge in [0.15, 0.2) is 17.0 Å². The molecule has 3 N–H and O–H groups in total. The maximum Gasteiger partial charge on any atom is 0.434 e. The van der Waals surface area contributed by atoms with Crippen LogP contribution in [-0.4, -0.2) is 44.6 Å². The van der Waals surface area contributed by atoms with Gasteiger partial charge in [0, 0.05) is 36.1 Å². The summed E-state index contributed by atoms with van der Waals surface area (Å²) in [5.41, 5.74) is 7.51. The highest BCUT2D eigenvalue weighted by Crippen LogP contribution is 2.63. The van der Waals surface area contributed by atoms with Crippen LogP contribution in [-0.2, 0) is 11.6 Å². The van der Waals surface area contributed by atoms with Crippen LogP contribution in [0.3, 0.4) is 0 Å². The van der Waals surface area contributed by atoms with Crippen molar-refractivity contribution in [1.82, 2.24) is 24.9 Å². The van der Waals surface area contributed by atoms with Crippen LogP contribution in [0.5, 0.6) is 0 Å². The molecule has 2 fully saturated rings. The predicted octanol–water partition coefficient (Wildman–Crippen LogP) is 4.27. The number of rotatable bonds is 5. The fraction of sp³-hybridized carbons (Fsp3) is 0.333. The van der Waals surface area contributed by atoms with Gasteiger partial charge in [-0.15, -0.1) is 0 Å². The Morgan fingerprint density at radius 1 is 1.09 bits per heavy atom. The van der Waals surface area contributed by atoms with E-state index in [1.54, 1.807) is 0 Å². The van der Waals surface area contributed by atoms with Crippen molar-refractivity contribution in [3.63, 3.8) is 0 Å². The number of nitrogens with one attached hydrogen (secondary N) is 1. The van der Waals surface area contributed by atoms with E-state index in [1.807, 2.05) is 6.07 Å².